The van der Waals surface area contributed by atoms with Crippen molar-refractivity contribution in [1.82, 2.24) is 0 Å². The minimum Gasteiger partial charge on any atom is -0.384 e. The van der Waals surface area contributed by atoms with Crippen molar-refractivity contribution in [1.29, 1.82) is 0 Å². The molecular formula is C22H29ClNO2+. The van der Waals surface area contributed by atoms with E-state index in [2.05, 4.69) is 31.2 Å². The third-order valence-electron chi connectivity index (χ3n) is 5.45. The van der Waals surface area contributed by atoms with Gasteiger partial charge in [-0.1, -0.05) is 67.4 Å². The van der Waals surface area contributed by atoms with E-state index in [1.165, 1.54) is 10.5 Å². The molecule has 1 fully saturated rings. The van der Waals surface area contributed by atoms with Crippen LogP contribution in [0.25, 0.3) is 0 Å². The Morgan fingerprint density at radius 1 is 1.08 bits per heavy atom. The molecule has 2 unspecified atom stereocenters. The molecule has 0 aliphatic carbocycles. The molecule has 3 rings (SSSR count). The van der Waals surface area contributed by atoms with E-state index in [0.717, 1.165) is 51.3 Å². The fourth-order valence-corrected chi connectivity index (χ4v) is 4.17. The predicted octanol–water partition coefficient (Wildman–Crippen LogP) is 3.03. The molecule has 2 aromatic rings. The number of rotatable bonds is 7. The molecule has 0 spiro atoms. The number of benzene rings is 2. The summed E-state index contributed by atoms with van der Waals surface area (Å²) < 4.78 is 5.52. The van der Waals surface area contributed by atoms with E-state index in [1.54, 1.807) is 0 Å². The molecule has 26 heavy (non-hydrogen) atoms. The van der Waals surface area contributed by atoms with Gasteiger partial charge in [0, 0.05) is 5.02 Å². The first-order chi connectivity index (χ1) is 12.6. The van der Waals surface area contributed by atoms with Gasteiger partial charge in [0.1, 0.15) is 18.7 Å². The topological polar surface area (TPSA) is 33.9 Å². The van der Waals surface area contributed by atoms with E-state index in [-0.39, 0.29) is 5.92 Å². The zero-order chi connectivity index (χ0) is 18.4. The molecule has 4 heteroatoms. The fourth-order valence-electron chi connectivity index (χ4n) is 4.04. The van der Waals surface area contributed by atoms with Gasteiger partial charge in [-0.3, -0.25) is 0 Å². The van der Waals surface area contributed by atoms with Crippen molar-refractivity contribution in [2.45, 2.75) is 31.3 Å². The van der Waals surface area contributed by atoms with Crippen LogP contribution < -0.4 is 4.90 Å². The van der Waals surface area contributed by atoms with Crippen molar-refractivity contribution in [2.24, 2.45) is 0 Å². The van der Waals surface area contributed by atoms with Crippen molar-refractivity contribution >= 4 is 11.6 Å². The third-order valence-corrected chi connectivity index (χ3v) is 5.70. The second-order valence-electron chi connectivity index (χ2n) is 7.21. The van der Waals surface area contributed by atoms with E-state index in [9.17, 15) is 5.11 Å². The average molecular weight is 375 g/mol. The zero-order valence-electron chi connectivity index (χ0n) is 15.5. The van der Waals surface area contributed by atoms with Gasteiger partial charge in [-0.25, -0.2) is 0 Å². The van der Waals surface area contributed by atoms with E-state index in [4.69, 9.17) is 16.3 Å². The highest BCUT2D eigenvalue weighted by Crippen LogP contribution is 2.40. The first-order valence-corrected chi connectivity index (χ1v) is 9.96. The van der Waals surface area contributed by atoms with Crippen molar-refractivity contribution in [2.75, 3.05) is 32.8 Å². The minimum absolute atomic E-state index is 0.0259. The quantitative estimate of drug-likeness (QED) is 0.781. The molecule has 2 atom stereocenters. The summed E-state index contributed by atoms with van der Waals surface area (Å²) in [6.45, 7) is 6.60. The second kappa shape index (κ2) is 9.01. The van der Waals surface area contributed by atoms with Crippen LogP contribution in [0, 0.1) is 0 Å². The van der Waals surface area contributed by atoms with Crippen molar-refractivity contribution in [3.05, 3.63) is 70.7 Å². The molecule has 0 amide bonds. The molecule has 0 bridgehead atoms. The van der Waals surface area contributed by atoms with Gasteiger partial charge in [0.25, 0.3) is 0 Å². The number of hydrogen-bond acceptors (Lipinski definition) is 2. The fraction of sp³-hybridized carbons (Fsp3) is 0.455. The van der Waals surface area contributed by atoms with Gasteiger partial charge in [0.15, 0.2) is 0 Å². The summed E-state index contributed by atoms with van der Waals surface area (Å²) in [6, 6.07) is 18.1. The largest absolute Gasteiger partial charge is 0.384 e. The Morgan fingerprint density at radius 3 is 2.35 bits per heavy atom. The minimum atomic E-state index is -0.911. The Kier molecular flexibility index (Phi) is 6.71. The van der Waals surface area contributed by atoms with E-state index in [1.807, 2.05) is 30.3 Å². The summed E-state index contributed by atoms with van der Waals surface area (Å²) in [5, 5.41) is 12.6. The SMILES string of the molecule is CCCC(O)(c1ccc(Cl)cc1)C(C[NH+]1CCOCC1)c1ccccc1. The Bertz CT molecular complexity index is 670. The van der Waals surface area contributed by atoms with Crippen LogP contribution in [0.5, 0.6) is 0 Å². The van der Waals surface area contributed by atoms with Gasteiger partial charge < -0.3 is 14.7 Å². The van der Waals surface area contributed by atoms with Crippen LogP contribution in [0.2, 0.25) is 5.02 Å². The number of ether oxygens (including phenoxy) is 1. The highest BCUT2D eigenvalue weighted by Gasteiger charge is 2.41. The molecule has 0 aromatic heterocycles. The second-order valence-corrected chi connectivity index (χ2v) is 7.65. The lowest BCUT2D eigenvalue weighted by atomic mass is 9.74. The maximum atomic E-state index is 11.9. The number of nitrogens with one attached hydrogen (secondary N) is 1. The highest BCUT2D eigenvalue weighted by molar-refractivity contribution is 6.30. The Balaban J connectivity index is 1.99. The van der Waals surface area contributed by atoms with E-state index >= 15 is 0 Å². The number of halogens is 1. The monoisotopic (exact) mass is 374 g/mol. The van der Waals surface area contributed by atoms with Crippen molar-refractivity contribution in [3.8, 4) is 0 Å². The number of aliphatic hydroxyl groups is 1. The summed E-state index contributed by atoms with van der Waals surface area (Å²) in [5.41, 5.74) is 1.23. The van der Waals surface area contributed by atoms with Gasteiger partial charge in [-0.15, -0.1) is 0 Å². The van der Waals surface area contributed by atoms with Crippen LogP contribution in [-0.4, -0.2) is 38.0 Å². The lowest BCUT2D eigenvalue weighted by molar-refractivity contribution is -0.910. The van der Waals surface area contributed by atoms with Crippen LogP contribution in [0.15, 0.2) is 54.6 Å². The summed E-state index contributed by atoms with van der Waals surface area (Å²) in [7, 11) is 0. The maximum Gasteiger partial charge on any atom is 0.102 e. The number of quaternary nitrogens is 1. The molecule has 2 aromatic carbocycles. The molecule has 1 heterocycles. The molecule has 1 saturated heterocycles. The first-order valence-electron chi connectivity index (χ1n) is 9.58. The first kappa shape index (κ1) is 19.4. The average Bonchev–Trinajstić information content (AvgIpc) is 2.68. The van der Waals surface area contributed by atoms with Gasteiger partial charge in [-0.2, -0.15) is 0 Å². The van der Waals surface area contributed by atoms with Gasteiger partial charge in [0.2, 0.25) is 0 Å². The zero-order valence-corrected chi connectivity index (χ0v) is 16.2. The molecule has 1 aliphatic heterocycles. The molecule has 0 saturated carbocycles. The van der Waals surface area contributed by atoms with E-state index in [0.29, 0.717) is 5.02 Å². The Morgan fingerprint density at radius 2 is 1.73 bits per heavy atom. The Hall–Kier alpha value is -1.39. The maximum absolute atomic E-state index is 11.9. The number of hydrogen-bond donors (Lipinski definition) is 2. The summed E-state index contributed by atoms with van der Waals surface area (Å²) >= 11 is 6.09. The molecule has 1 aliphatic rings. The molecule has 140 valence electrons. The van der Waals surface area contributed by atoms with Gasteiger partial charge in [-0.05, 0) is 29.7 Å². The normalized spacial score (nSPS) is 19.0. The van der Waals surface area contributed by atoms with Gasteiger partial charge >= 0.3 is 0 Å². The summed E-state index contributed by atoms with van der Waals surface area (Å²) in [4.78, 5) is 1.49. The molecule has 2 N–H and O–H groups in total. The van der Waals surface area contributed by atoms with Crippen LogP contribution in [-0.2, 0) is 10.3 Å². The van der Waals surface area contributed by atoms with Crippen molar-refractivity contribution < 1.29 is 14.7 Å². The van der Waals surface area contributed by atoms with E-state index < -0.39 is 5.60 Å². The molecule has 0 radical (unpaired) electrons. The highest BCUT2D eigenvalue weighted by atomic mass is 35.5. The predicted molar refractivity (Wildman–Crippen MR) is 106 cm³/mol. The third kappa shape index (κ3) is 4.47. The van der Waals surface area contributed by atoms with Crippen LogP contribution in [0.1, 0.15) is 36.8 Å². The van der Waals surface area contributed by atoms with Crippen LogP contribution >= 0.6 is 11.6 Å². The molecular weight excluding hydrogens is 346 g/mol. The Labute approximate surface area is 161 Å². The smallest absolute Gasteiger partial charge is 0.102 e. The van der Waals surface area contributed by atoms with Gasteiger partial charge in [0.05, 0.1) is 25.7 Å². The summed E-state index contributed by atoms with van der Waals surface area (Å²) in [5.74, 6) is 0.0259. The van der Waals surface area contributed by atoms with Crippen LogP contribution in [0.3, 0.4) is 0 Å². The lowest BCUT2D eigenvalue weighted by Crippen LogP contribution is -3.14. The van der Waals surface area contributed by atoms with Crippen LogP contribution in [0.4, 0.5) is 0 Å². The number of morpholine rings is 1. The standard InChI is InChI=1S/C22H28ClNO2/c1-2-12-22(25,19-8-10-20(23)11-9-19)21(18-6-4-3-5-7-18)17-24-13-15-26-16-14-24/h3-11,21,25H,2,12-17H2,1H3/p+1. The van der Waals surface area contributed by atoms with Crippen molar-refractivity contribution in [3.63, 3.8) is 0 Å². The summed E-state index contributed by atoms with van der Waals surface area (Å²) in [6.07, 6.45) is 1.64. The lowest BCUT2D eigenvalue weighted by Gasteiger charge is -2.39. The molecule has 3 nitrogen and oxygen atoms in total.